The molecule has 0 atom stereocenters. The molecule has 0 unspecified atom stereocenters. The van der Waals surface area contributed by atoms with Gasteiger partial charge in [-0.2, -0.15) is 16.4 Å². The Morgan fingerprint density at radius 2 is 2.22 bits per heavy atom. The van der Waals surface area contributed by atoms with Crippen LogP contribution in [0.4, 0.5) is 0 Å². The molecule has 3 nitrogen and oxygen atoms in total. The number of halogens is 1. The van der Waals surface area contributed by atoms with Crippen LogP contribution in [0, 0.1) is 6.92 Å². The molecule has 96 valence electrons. The highest BCUT2D eigenvalue weighted by Crippen LogP contribution is 2.24. The molecule has 18 heavy (non-hydrogen) atoms. The molecule has 0 aliphatic carbocycles. The predicted octanol–water partition coefficient (Wildman–Crippen LogP) is 3.54. The summed E-state index contributed by atoms with van der Waals surface area (Å²) in [6, 6.07) is 0. The molecule has 2 heterocycles. The summed E-state index contributed by atoms with van der Waals surface area (Å²) in [5, 5.41) is 8.33. The number of thiophene rings is 1. The molecule has 2 aromatic rings. The van der Waals surface area contributed by atoms with Crippen LogP contribution in [0.3, 0.4) is 0 Å². The first kappa shape index (κ1) is 13.5. The fourth-order valence-electron chi connectivity index (χ4n) is 1.91. The van der Waals surface area contributed by atoms with E-state index in [1.807, 2.05) is 24.7 Å². The monoisotopic (exact) mass is 326 g/mol. The van der Waals surface area contributed by atoms with Crippen molar-refractivity contribution in [2.75, 3.05) is 0 Å². The molecule has 0 N–H and O–H groups in total. The zero-order valence-electron chi connectivity index (χ0n) is 10.7. The maximum atomic E-state index is 12.2. The van der Waals surface area contributed by atoms with Crippen LogP contribution in [-0.2, 0) is 19.9 Å². The molecule has 0 aliphatic rings. The van der Waals surface area contributed by atoms with Crippen molar-refractivity contribution in [3.63, 3.8) is 0 Å². The van der Waals surface area contributed by atoms with Crippen LogP contribution in [0.15, 0.2) is 15.2 Å². The predicted molar refractivity (Wildman–Crippen MR) is 77.4 cm³/mol. The van der Waals surface area contributed by atoms with Gasteiger partial charge in [0.15, 0.2) is 5.78 Å². The molecule has 2 rings (SSSR count). The molecule has 2 aromatic heterocycles. The number of nitrogens with zero attached hydrogens (tertiary/aromatic N) is 2. The molecule has 0 saturated heterocycles. The Bertz CT molecular complexity index is 586. The highest BCUT2D eigenvalue weighted by atomic mass is 79.9. The molecule has 0 saturated carbocycles. The molecule has 0 aromatic carbocycles. The van der Waals surface area contributed by atoms with Gasteiger partial charge in [-0.15, -0.1) is 0 Å². The van der Waals surface area contributed by atoms with E-state index in [4.69, 9.17) is 0 Å². The number of aryl methyl sites for hydroxylation is 3. The highest BCUT2D eigenvalue weighted by molar-refractivity contribution is 9.10. The van der Waals surface area contributed by atoms with Gasteiger partial charge in [0.05, 0.1) is 22.3 Å². The third-order valence-electron chi connectivity index (χ3n) is 2.99. The summed E-state index contributed by atoms with van der Waals surface area (Å²) in [5.74, 6) is 0.153. The standard InChI is InChI=1S/C13H15BrN2OS/c1-4-10-13(14)11(16(3)15-10)5-12(17)9-7-18-6-8(9)2/h6-7H,4-5H2,1-3H3. The quantitative estimate of drug-likeness (QED) is 0.805. The van der Waals surface area contributed by atoms with E-state index in [1.54, 1.807) is 16.0 Å². The van der Waals surface area contributed by atoms with Gasteiger partial charge < -0.3 is 0 Å². The van der Waals surface area contributed by atoms with Gasteiger partial charge in [0.25, 0.3) is 0 Å². The zero-order chi connectivity index (χ0) is 13.3. The van der Waals surface area contributed by atoms with Crippen molar-refractivity contribution < 1.29 is 4.79 Å². The van der Waals surface area contributed by atoms with Crippen LogP contribution in [0.25, 0.3) is 0 Å². The van der Waals surface area contributed by atoms with Crippen LogP contribution >= 0.6 is 27.3 Å². The lowest BCUT2D eigenvalue weighted by atomic mass is 10.1. The average Bonchev–Trinajstić information content (AvgIpc) is 2.87. The Labute approximate surface area is 119 Å². The van der Waals surface area contributed by atoms with Gasteiger partial charge in [-0.05, 0) is 40.2 Å². The van der Waals surface area contributed by atoms with E-state index < -0.39 is 0 Å². The number of hydrogen-bond donors (Lipinski definition) is 0. The molecule has 0 fully saturated rings. The molecule has 0 amide bonds. The van der Waals surface area contributed by atoms with Gasteiger partial charge in [0, 0.05) is 18.0 Å². The van der Waals surface area contributed by atoms with Gasteiger partial charge in [-0.3, -0.25) is 9.48 Å². The lowest BCUT2D eigenvalue weighted by Crippen LogP contribution is -2.08. The van der Waals surface area contributed by atoms with Gasteiger partial charge in [-0.1, -0.05) is 6.92 Å². The van der Waals surface area contributed by atoms with Crippen molar-refractivity contribution in [2.45, 2.75) is 26.7 Å². The van der Waals surface area contributed by atoms with Crippen LogP contribution in [0.1, 0.15) is 34.2 Å². The summed E-state index contributed by atoms with van der Waals surface area (Å²) < 4.78 is 2.76. The minimum absolute atomic E-state index is 0.153. The van der Waals surface area contributed by atoms with E-state index in [1.165, 1.54) is 0 Å². The average molecular weight is 327 g/mol. The number of hydrogen-bond acceptors (Lipinski definition) is 3. The Hall–Kier alpha value is -0.940. The van der Waals surface area contributed by atoms with E-state index >= 15 is 0 Å². The van der Waals surface area contributed by atoms with Crippen LogP contribution in [0.5, 0.6) is 0 Å². The summed E-state index contributed by atoms with van der Waals surface area (Å²) in [7, 11) is 1.88. The normalized spacial score (nSPS) is 10.9. The maximum Gasteiger partial charge on any atom is 0.169 e. The van der Waals surface area contributed by atoms with Crippen molar-refractivity contribution in [2.24, 2.45) is 7.05 Å². The van der Waals surface area contributed by atoms with Crippen LogP contribution in [0.2, 0.25) is 0 Å². The minimum atomic E-state index is 0.153. The number of Topliss-reactive ketones (excluding diaryl/α,β-unsaturated/α-hetero) is 1. The molecule has 0 aliphatic heterocycles. The number of ketones is 1. The molecule has 5 heteroatoms. The highest BCUT2D eigenvalue weighted by Gasteiger charge is 2.18. The number of aromatic nitrogens is 2. The van der Waals surface area contributed by atoms with E-state index in [2.05, 4.69) is 28.0 Å². The summed E-state index contributed by atoms with van der Waals surface area (Å²) in [6.45, 7) is 4.03. The first-order valence-corrected chi connectivity index (χ1v) is 7.54. The van der Waals surface area contributed by atoms with Crippen LogP contribution < -0.4 is 0 Å². The van der Waals surface area contributed by atoms with Crippen molar-refractivity contribution >= 4 is 33.0 Å². The van der Waals surface area contributed by atoms with Gasteiger partial charge in [-0.25, -0.2) is 0 Å². The number of rotatable bonds is 4. The van der Waals surface area contributed by atoms with E-state index in [9.17, 15) is 4.79 Å². The largest absolute Gasteiger partial charge is 0.294 e. The van der Waals surface area contributed by atoms with Gasteiger partial charge in [0.1, 0.15) is 0 Å². The summed E-state index contributed by atoms with van der Waals surface area (Å²) in [5.41, 5.74) is 3.83. The van der Waals surface area contributed by atoms with E-state index in [-0.39, 0.29) is 5.78 Å². The van der Waals surface area contributed by atoms with Gasteiger partial charge >= 0.3 is 0 Å². The summed E-state index contributed by atoms with van der Waals surface area (Å²) in [6.07, 6.45) is 1.25. The molecule has 0 bridgehead atoms. The zero-order valence-corrected chi connectivity index (χ0v) is 13.1. The smallest absolute Gasteiger partial charge is 0.169 e. The molecular formula is C13H15BrN2OS. The topological polar surface area (TPSA) is 34.9 Å². The first-order valence-electron chi connectivity index (χ1n) is 5.80. The van der Waals surface area contributed by atoms with Crippen molar-refractivity contribution in [1.82, 2.24) is 9.78 Å². The molecule has 0 radical (unpaired) electrons. The van der Waals surface area contributed by atoms with Crippen LogP contribution in [-0.4, -0.2) is 15.6 Å². The second kappa shape index (κ2) is 5.36. The fraction of sp³-hybridized carbons (Fsp3) is 0.385. The lowest BCUT2D eigenvalue weighted by Gasteiger charge is -2.02. The van der Waals surface area contributed by atoms with Crippen molar-refractivity contribution in [3.05, 3.63) is 37.7 Å². The second-order valence-corrected chi connectivity index (χ2v) is 5.79. The van der Waals surface area contributed by atoms with Crippen molar-refractivity contribution in [1.29, 1.82) is 0 Å². The lowest BCUT2D eigenvalue weighted by molar-refractivity contribution is 0.0990. The third-order valence-corrected chi connectivity index (χ3v) is 4.76. The van der Waals surface area contributed by atoms with Crippen molar-refractivity contribution in [3.8, 4) is 0 Å². The fourth-order valence-corrected chi connectivity index (χ4v) is 3.51. The Kier molecular flexibility index (Phi) is 4.02. The maximum absolute atomic E-state index is 12.2. The van der Waals surface area contributed by atoms with E-state index in [0.29, 0.717) is 6.42 Å². The van der Waals surface area contributed by atoms with E-state index in [0.717, 1.165) is 33.4 Å². The Balaban J connectivity index is 2.27. The summed E-state index contributed by atoms with van der Waals surface area (Å²) in [4.78, 5) is 12.2. The molecule has 0 spiro atoms. The third kappa shape index (κ3) is 2.42. The Morgan fingerprint density at radius 1 is 1.50 bits per heavy atom. The number of carbonyl (C=O) groups is 1. The minimum Gasteiger partial charge on any atom is -0.294 e. The summed E-state index contributed by atoms with van der Waals surface area (Å²) >= 11 is 5.11. The van der Waals surface area contributed by atoms with Gasteiger partial charge in [0.2, 0.25) is 0 Å². The second-order valence-electron chi connectivity index (χ2n) is 4.25. The first-order chi connectivity index (χ1) is 8.54. The SMILES string of the molecule is CCc1nn(C)c(CC(=O)c2cscc2C)c1Br. The number of carbonyl (C=O) groups excluding carboxylic acids is 1. The molecular weight excluding hydrogens is 312 g/mol. The Morgan fingerprint density at radius 3 is 2.72 bits per heavy atom.